The molecule has 0 amide bonds. The van der Waals surface area contributed by atoms with Crippen molar-refractivity contribution in [3.63, 3.8) is 0 Å². The van der Waals surface area contributed by atoms with Crippen LogP contribution in [0.25, 0.3) is 0 Å². The Kier molecular flexibility index (Phi) is 3.35. The Morgan fingerprint density at radius 3 is 2.72 bits per heavy atom. The van der Waals surface area contributed by atoms with Crippen molar-refractivity contribution in [1.29, 1.82) is 0 Å². The summed E-state index contributed by atoms with van der Waals surface area (Å²) in [6.07, 6.45) is 0. The summed E-state index contributed by atoms with van der Waals surface area (Å²) in [6, 6.07) is 2.97. The molecule has 6 nitrogen and oxygen atoms in total. The van der Waals surface area contributed by atoms with Gasteiger partial charge in [0, 0.05) is 4.47 Å². The van der Waals surface area contributed by atoms with Crippen molar-refractivity contribution >= 4 is 32.0 Å². The zero-order valence-electron chi connectivity index (χ0n) is 9.02. The Morgan fingerprint density at radius 1 is 1.44 bits per heavy atom. The first-order valence-electron chi connectivity index (χ1n) is 4.67. The van der Waals surface area contributed by atoms with Gasteiger partial charge in [0.1, 0.15) is 10.7 Å². The van der Waals surface area contributed by atoms with E-state index in [1.165, 1.54) is 0 Å². The molecule has 0 spiro atoms. The SMILES string of the molecule is Cc1noc(NS(=O)(=O)c2ccc(F)cc2Br)n1. The minimum atomic E-state index is -3.91. The number of aryl methyl sites for hydroxylation is 1. The second-order valence-electron chi connectivity index (χ2n) is 3.33. The number of nitrogens with zero attached hydrogens (tertiary/aromatic N) is 2. The molecule has 1 heterocycles. The van der Waals surface area contributed by atoms with Crippen molar-refractivity contribution in [3.8, 4) is 0 Å². The third kappa shape index (κ3) is 2.67. The lowest BCUT2D eigenvalue weighted by molar-refractivity contribution is 0.429. The van der Waals surface area contributed by atoms with Gasteiger partial charge in [-0.25, -0.2) is 17.5 Å². The fourth-order valence-electron chi connectivity index (χ4n) is 1.20. The van der Waals surface area contributed by atoms with E-state index >= 15 is 0 Å². The molecule has 0 radical (unpaired) electrons. The molecule has 0 bridgehead atoms. The van der Waals surface area contributed by atoms with Crippen molar-refractivity contribution in [1.82, 2.24) is 10.1 Å². The van der Waals surface area contributed by atoms with Crippen LogP contribution in [0.5, 0.6) is 0 Å². The first kappa shape index (κ1) is 13.0. The summed E-state index contributed by atoms with van der Waals surface area (Å²) in [6.45, 7) is 1.55. The highest BCUT2D eigenvalue weighted by atomic mass is 79.9. The normalized spacial score (nSPS) is 11.5. The Morgan fingerprint density at radius 2 is 2.17 bits per heavy atom. The summed E-state index contributed by atoms with van der Waals surface area (Å²) in [5.41, 5.74) is 0. The van der Waals surface area contributed by atoms with E-state index in [1.807, 2.05) is 0 Å². The third-order valence-electron chi connectivity index (χ3n) is 1.93. The highest BCUT2D eigenvalue weighted by Crippen LogP contribution is 2.24. The predicted octanol–water partition coefficient (Wildman–Crippen LogP) is 2.08. The Labute approximate surface area is 110 Å². The maximum absolute atomic E-state index is 12.9. The molecule has 0 saturated carbocycles. The van der Waals surface area contributed by atoms with Crippen LogP contribution < -0.4 is 4.72 Å². The van der Waals surface area contributed by atoms with Gasteiger partial charge in [0.25, 0.3) is 10.0 Å². The Bertz CT molecular complexity index is 686. The van der Waals surface area contributed by atoms with Gasteiger partial charge in [-0.05, 0) is 41.1 Å². The van der Waals surface area contributed by atoms with Crippen LogP contribution in [0.15, 0.2) is 32.1 Å². The summed E-state index contributed by atoms with van der Waals surface area (Å²) in [5, 5.41) is 3.45. The van der Waals surface area contributed by atoms with Gasteiger partial charge in [-0.1, -0.05) is 5.16 Å². The average molecular weight is 336 g/mol. The number of sulfonamides is 1. The molecule has 0 fully saturated rings. The fraction of sp³-hybridized carbons (Fsp3) is 0.111. The second kappa shape index (κ2) is 4.65. The van der Waals surface area contributed by atoms with Crippen LogP contribution in [0.3, 0.4) is 0 Å². The Balaban J connectivity index is 2.36. The first-order valence-corrected chi connectivity index (χ1v) is 6.94. The molecule has 2 rings (SSSR count). The zero-order chi connectivity index (χ0) is 13.3. The van der Waals surface area contributed by atoms with Gasteiger partial charge in [-0.3, -0.25) is 0 Å². The van der Waals surface area contributed by atoms with Crippen LogP contribution in [0, 0.1) is 12.7 Å². The van der Waals surface area contributed by atoms with Crippen molar-refractivity contribution in [2.45, 2.75) is 11.8 Å². The monoisotopic (exact) mass is 335 g/mol. The molecular formula is C9H7BrFN3O3S. The van der Waals surface area contributed by atoms with Gasteiger partial charge in [-0.2, -0.15) is 4.98 Å². The number of aromatic nitrogens is 2. The first-order chi connectivity index (χ1) is 8.38. The highest BCUT2D eigenvalue weighted by molar-refractivity contribution is 9.10. The van der Waals surface area contributed by atoms with E-state index in [4.69, 9.17) is 0 Å². The van der Waals surface area contributed by atoms with Crippen molar-refractivity contribution in [2.75, 3.05) is 4.72 Å². The fourth-order valence-corrected chi connectivity index (χ4v) is 3.18. The van der Waals surface area contributed by atoms with E-state index in [-0.39, 0.29) is 15.4 Å². The maximum Gasteiger partial charge on any atom is 0.335 e. The van der Waals surface area contributed by atoms with Gasteiger partial charge < -0.3 is 4.52 Å². The van der Waals surface area contributed by atoms with Gasteiger partial charge in [-0.15, -0.1) is 0 Å². The molecule has 1 aromatic carbocycles. The quantitative estimate of drug-likeness (QED) is 0.928. The second-order valence-corrected chi connectivity index (χ2v) is 5.83. The molecule has 0 aliphatic heterocycles. The Hall–Kier alpha value is -1.48. The van der Waals surface area contributed by atoms with Crippen LogP contribution in [-0.2, 0) is 10.0 Å². The van der Waals surface area contributed by atoms with E-state index in [2.05, 4.69) is 35.3 Å². The molecule has 1 aromatic heterocycles. The highest BCUT2D eigenvalue weighted by Gasteiger charge is 2.20. The van der Waals surface area contributed by atoms with Crippen LogP contribution in [0.4, 0.5) is 10.4 Å². The van der Waals surface area contributed by atoms with E-state index < -0.39 is 15.8 Å². The standard InChI is InChI=1S/C9H7BrFN3O3S/c1-5-12-9(17-13-5)14-18(15,16)8-3-2-6(11)4-7(8)10/h2-4H,1H3,(H,12,13,14). The van der Waals surface area contributed by atoms with Gasteiger partial charge in [0.15, 0.2) is 5.82 Å². The minimum absolute atomic E-state index is 0.103. The average Bonchev–Trinajstić information content (AvgIpc) is 2.62. The van der Waals surface area contributed by atoms with E-state index in [9.17, 15) is 12.8 Å². The number of halogens is 2. The molecule has 0 aliphatic rings. The third-order valence-corrected chi connectivity index (χ3v) is 4.23. The van der Waals surface area contributed by atoms with Crippen molar-refractivity contribution in [3.05, 3.63) is 34.3 Å². The van der Waals surface area contributed by atoms with E-state index in [0.717, 1.165) is 18.2 Å². The molecule has 9 heteroatoms. The van der Waals surface area contributed by atoms with Crippen LogP contribution in [-0.4, -0.2) is 18.6 Å². The van der Waals surface area contributed by atoms with Crippen LogP contribution in [0.1, 0.15) is 5.82 Å². The maximum atomic E-state index is 12.9. The van der Waals surface area contributed by atoms with E-state index in [1.54, 1.807) is 6.92 Å². The summed E-state index contributed by atoms with van der Waals surface area (Å²) < 4.78 is 43.6. The summed E-state index contributed by atoms with van der Waals surface area (Å²) >= 11 is 2.98. The molecule has 0 unspecified atom stereocenters. The number of benzene rings is 1. The molecule has 0 saturated heterocycles. The van der Waals surface area contributed by atoms with Crippen molar-refractivity contribution < 1.29 is 17.3 Å². The molecule has 0 aliphatic carbocycles. The van der Waals surface area contributed by atoms with Gasteiger partial charge in [0.2, 0.25) is 0 Å². The summed E-state index contributed by atoms with van der Waals surface area (Å²) in [7, 11) is -3.91. The lowest BCUT2D eigenvalue weighted by Crippen LogP contribution is -2.14. The molecular weight excluding hydrogens is 329 g/mol. The summed E-state index contributed by atoms with van der Waals surface area (Å²) in [5.74, 6) is -0.250. The lowest BCUT2D eigenvalue weighted by Gasteiger charge is -2.05. The van der Waals surface area contributed by atoms with Crippen molar-refractivity contribution in [2.24, 2.45) is 0 Å². The molecule has 0 atom stereocenters. The van der Waals surface area contributed by atoms with Crippen LogP contribution >= 0.6 is 15.9 Å². The number of rotatable bonds is 3. The summed E-state index contributed by atoms with van der Waals surface area (Å²) in [4.78, 5) is 3.59. The number of hydrogen-bond acceptors (Lipinski definition) is 5. The topological polar surface area (TPSA) is 85.1 Å². The van der Waals surface area contributed by atoms with E-state index in [0.29, 0.717) is 5.82 Å². The molecule has 18 heavy (non-hydrogen) atoms. The number of nitrogens with one attached hydrogen (secondary N) is 1. The zero-order valence-corrected chi connectivity index (χ0v) is 11.4. The largest absolute Gasteiger partial charge is 0.335 e. The molecule has 2 aromatic rings. The van der Waals surface area contributed by atoms with Gasteiger partial charge in [0.05, 0.1) is 0 Å². The van der Waals surface area contributed by atoms with Gasteiger partial charge >= 0.3 is 6.01 Å². The minimum Gasteiger partial charge on any atom is -0.314 e. The molecule has 1 N–H and O–H groups in total. The number of hydrogen-bond donors (Lipinski definition) is 1. The predicted molar refractivity (Wildman–Crippen MR) is 63.9 cm³/mol. The number of anilines is 1. The lowest BCUT2D eigenvalue weighted by atomic mass is 10.3. The molecule has 96 valence electrons. The van der Waals surface area contributed by atoms with Crippen LogP contribution in [0.2, 0.25) is 0 Å². The smallest absolute Gasteiger partial charge is 0.314 e.